The van der Waals surface area contributed by atoms with Crippen LogP contribution < -0.4 is 5.73 Å². The van der Waals surface area contributed by atoms with Crippen molar-refractivity contribution in [3.63, 3.8) is 0 Å². The van der Waals surface area contributed by atoms with Gasteiger partial charge >= 0.3 is 0 Å². The van der Waals surface area contributed by atoms with Crippen molar-refractivity contribution in [1.82, 2.24) is 4.90 Å². The zero-order chi connectivity index (χ0) is 11.1. The first-order chi connectivity index (χ1) is 7.22. The zero-order valence-electron chi connectivity index (χ0n) is 9.58. The molecule has 1 atom stereocenters. The Kier molecular flexibility index (Phi) is 5.65. The molecule has 0 spiro atoms. The number of carbonyl (C=O) groups excluding carboxylic acids is 1. The number of amides is 1. The Morgan fingerprint density at radius 3 is 3.07 bits per heavy atom. The van der Waals surface area contributed by atoms with E-state index in [0.29, 0.717) is 12.5 Å². The molecule has 0 bridgehead atoms. The molecule has 1 saturated heterocycles. The van der Waals surface area contributed by atoms with Gasteiger partial charge < -0.3 is 15.4 Å². The average molecular weight is 214 g/mol. The standard InChI is InChI=1S/C11H22N2O2/c1-2-8-15-10-4-3-6-13(9-10)7-5-11(12)14/h10H,2-9H2,1H3,(H2,12,14). The van der Waals surface area contributed by atoms with Crippen LogP contribution in [0.25, 0.3) is 0 Å². The predicted molar refractivity (Wildman–Crippen MR) is 59.5 cm³/mol. The molecule has 2 N–H and O–H groups in total. The van der Waals surface area contributed by atoms with Gasteiger partial charge in [-0.3, -0.25) is 4.79 Å². The fourth-order valence-electron chi connectivity index (χ4n) is 1.91. The van der Waals surface area contributed by atoms with Gasteiger partial charge in [0.15, 0.2) is 0 Å². The second-order valence-corrected chi connectivity index (χ2v) is 4.15. The number of nitrogens with zero attached hydrogens (tertiary/aromatic N) is 1. The van der Waals surface area contributed by atoms with Gasteiger partial charge in [0.2, 0.25) is 5.91 Å². The Morgan fingerprint density at radius 1 is 1.60 bits per heavy atom. The number of nitrogens with two attached hydrogens (primary N) is 1. The summed E-state index contributed by atoms with van der Waals surface area (Å²) in [5.74, 6) is -0.216. The molecule has 0 aromatic heterocycles. The summed E-state index contributed by atoms with van der Waals surface area (Å²) in [6.07, 6.45) is 4.19. The van der Waals surface area contributed by atoms with Crippen LogP contribution in [0.15, 0.2) is 0 Å². The van der Waals surface area contributed by atoms with E-state index < -0.39 is 0 Å². The highest BCUT2D eigenvalue weighted by atomic mass is 16.5. The summed E-state index contributed by atoms with van der Waals surface area (Å²) in [5, 5.41) is 0. The lowest BCUT2D eigenvalue weighted by molar-refractivity contribution is -0.118. The largest absolute Gasteiger partial charge is 0.377 e. The number of carbonyl (C=O) groups is 1. The smallest absolute Gasteiger partial charge is 0.218 e. The lowest BCUT2D eigenvalue weighted by atomic mass is 10.1. The van der Waals surface area contributed by atoms with E-state index in [0.717, 1.165) is 45.5 Å². The van der Waals surface area contributed by atoms with Crippen molar-refractivity contribution in [2.45, 2.75) is 38.7 Å². The SMILES string of the molecule is CCCOC1CCCN(CCC(N)=O)C1. The van der Waals surface area contributed by atoms with E-state index in [4.69, 9.17) is 10.5 Å². The third-order valence-corrected chi connectivity index (χ3v) is 2.69. The molecule has 1 aliphatic rings. The van der Waals surface area contributed by atoms with Crippen LogP contribution in [0.3, 0.4) is 0 Å². The summed E-state index contributed by atoms with van der Waals surface area (Å²) in [7, 11) is 0. The maximum Gasteiger partial charge on any atom is 0.218 e. The number of piperidine rings is 1. The molecule has 1 fully saturated rings. The molecular weight excluding hydrogens is 192 g/mol. The van der Waals surface area contributed by atoms with Gasteiger partial charge in [-0.2, -0.15) is 0 Å². The van der Waals surface area contributed by atoms with Crippen LogP contribution in [0.2, 0.25) is 0 Å². The van der Waals surface area contributed by atoms with E-state index >= 15 is 0 Å². The highest BCUT2D eigenvalue weighted by molar-refractivity contribution is 5.73. The van der Waals surface area contributed by atoms with Crippen molar-refractivity contribution in [2.75, 3.05) is 26.2 Å². The summed E-state index contributed by atoms with van der Waals surface area (Å²) < 4.78 is 5.71. The third-order valence-electron chi connectivity index (χ3n) is 2.69. The quantitative estimate of drug-likeness (QED) is 0.710. The van der Waals surface area contributed by atoms with Gasteiger partial charge in [0.25, 0.3) is 0 Å². The highest BCUT2D eigenvalue weighted by Gasteiger charge is 2.19. The van der Waals surface area contributed by atoms with Gasteiger partial charge in [-0.25, -0.2) is 0 Å². The van der Waals surface area contributed by atoms with Crippen LogP contribution in [0.4, 0.5) is 0 Å². The molecule has 4 heteroatoms. The molecular formula is C11H22N2O2. The monoisotopic (exact) mass is 214 g/mol. The Balaban J connectivity index is 2.19. The minimum absolute atomic E-state index is 0.216. The maximum absolute atomic E-state index is 10.7. The minimum Gasteiger partial charge on any atom is -0.377 e. The average Bonchev–Trinajstić information content (AvgIpc) is 2.24. The molecule has 0 aromatic rings. The third kappa shape index (κ3) is 5.14. The first-order valence-corrected chi connectivity index (χ1v) is 5.84. The van der Waals surface area contributed by atoms with Crippen LogP contribution in [0, 0.1) is 0 Å². The fraction of sp³-hybridized carbons (Fsp3) is 0.909. The molecule has 1 heterocycles. The van der Waals surface area contributed by atoms with E-state index in [1.807, 2.05) is 0 Å². The second-order valence-electron chi connectivity index (χ2n) is 4.15. The number of hydrogen-bond acceptors (Lipinski definition) is 3. The summed E-state index contributed by atoms with van der Waals surface area (Å²) in [6, 6.07) is 0. The van der Waals surface area contributed by atoms with Gasteiger partial charge in [-0.15, -0.1) is 0 Å². The summed E-state index contributed by atoms with van der Waals surface area (Å²) in [6.45, 7) is 5.76. The van der Waals surface area contributed by atoms with Crippen LogP contribution >= 0.6 is 0 Å². The second kappa shape index (κ2) is 6.80. The molecule has 0 aromatic carbocycles. The van der Waals surface area contributed by atoms with E-state index in [1.54, 1.807) is 0 Å². The highest BCUT2D eigenvalue weighted by Crippen LogP contribution is 2.13. The van der Waals surface area contributed by atoms with Crippen molar-refractivity contribution < 1.29 is 9.53 Å². The van der Waals surface area contributed by atoms with Crippen molar-refractivity contribution >= 4 is 5.91 Å². The summed E-state index contributed by atoms with van der Waals surface area (Å²) >= 11 is 0. The molecule has 1 amide bonds. The zero-order valence-corrected chi connectivity index (χ0v) is 9.58. The van der Waals surface area contributed by atoms with E-state index in [9.17, 15) is 4.79 Å². The van der Waals surface area contributed by atoms with Crippen molar-refractivity contribution in [3.05, 3.63) is 0 Å². The molecule has 0 aliphatic carbocycles. The minimum atomic E-state index is -0.216. The normalized spacial score (nSPS) is 22.9. The first kappa shape index (κ1) is 12.5. The van der Waals surface area contributed by atoms with Gasteiger partial charge in [0, 0.05) is 26.1 Å². The van der Waals surface area contributed by atoms with E-state index in [1.165, 1.54) is 0 Å². The molecule has 0 saturated carbocycles. The Labute approximate surface area is 91.8 Å². The predicted octanol–water partition coefficient (Wildman–Crippen LogP) is 0.753. The number of rotatable bonds is 6. The van der Waals surface area contributed by atoms with Gasteiger partial charge in [-0.05, 0) is 25.8 Å². The lowest BCUT2D eigenvalue weighted by Crippen LogP contribution is -2.41. The van der Waals surface area contributed by atoms with Crippen LogP contribution in [-0.4, -0.2) is 43.2 Å². The fourth-order valence-corrected chi connectivity index (χ4v) is 1.91. The van der Waals surface area contributed by atoms with Crippen molar-refractivity contribution in [3.8, 4) is 0 Å². The van der Waals surface area contributed by atoms with Gasteiger partial charge in [-0.1, -0.05) is 6.92 Å². The van der Waals surface area contributed by atoms with Crippen LogP contribution in [0.1, 0.15) is 32.6 Å². The number of hydrogen-bond donors (Lipinski definition) is 1. The molecule has 4 nitrogen and oxygen atoms in total. The topological polar surface area (TPSA) is 55.6 Å². The number of primary amides is 1. The van der Waals surface area contributed by atoms with Crippen LogP contribution in [0.5, 0.6) is 0 Å². The Morgan fingerprint density at radius 2 is 2.40 bits per heavy atom. The molecule has 15 heavy (non-hydrogen) atoms. The molecule has 1 unspecified atom stereocenters. The van der Waals surface area contributed by atoms with Gasteiger partial charge in [0.1, 0.15) is 0 Å². The Hall–Kier alpha value is -0.610. The van der Waals surface area contributed by atoms with Crippen LogP contribution in [-0.2, 0) is 9.53 Å². The van der Waals surface area contributed by atoms with E-state index in [-0.39, 0.29) is 5.91 Å². The molecule has 1 rings (SSSR count). The molecule has 88 valence electrons. The van der Waals surface area contributed by atoms with Crippen molar-refractivity contribution in [1.29, 1.82) is 0 Å². The molecule has 0 radical (unpaired) electrons. The van der Waals surface area contributed by atoms with E-state index in [2.05, 4.69) is 11.8 Å². The number of likely N-dealkylation sites (tertiary alicyclic amines) is 1. The number of ether oxygens (including phenoxy) is 1. The summed E-state index contributed by atoms with van der Waals surface area (Å²) in [4.78, 5) is 12.9. The van der Waals surface area contributed by atoms with Crippen molar-refractivity contribution in [2.24, 2.45) is 5.73 Å². The Bertz CT molecular complexity index is 197. The molecule has 1 aliphatic heterocycles. The lowest BCUT2D eigenvalue weighted by Gasteiger charge is -2.32. The summed E-state index contributed by atoms with van der Waals surface area (Å²) in [5.41, 5.74) is 5.13. The first-order valence-electron chi connectivity index (χ1n) is 5.84. The van der Waals surface area contributed by atoms with Gasteiger partial charge in [0.05, 0.1) is 6.10 Å². The maximum atomic E-state index is 10.7.